The zero-order chi connectivity index (χ0) is 13.0. The van der Waals surface area contributed by atoms with E-state index in [0.717, 1.165) is 16.6 Å². The molecule has 2 rings (SSSR count). The summed E-state index contributed by atoms with van der Waals surface area (Å²) in [6.07, 6.45) is 4.66. The maximum Gasteiger partial charge on any atom is 0.188 e. The van der Waals surface area contributed by atoms with Gasteiger partial charge in [-0.1, -0.05) is 13.0 Å². The van der Waals surface area contributed by atoms with Crippen LogP contribution in [-0.4, -0.2) is 15.8 Å². The zero-order valence-electron chi connectivity index (χ0n) is 10.1. The van der Waals surface area contributed by atoms with E-state index in [4.69, 9.17) is 0 Å². The summed E-state index contributed by atoms with van der Waals surface area (Å²) in [7, 11) is 0. The molecule has 3 nitrogen and oxygen atoms in total. The summed E-state index contributed by atoms with van der Waals surface area (Å²) in [6, 6.07) is 7.50. The Hall–Kier alpha value is -1.55. The maximum atomic E-state index is 12.1. The molecule has 0 bridgehead atoms. The Morgan fingerprint density at radius 2 is 2.11 bits per heavy atom. The number of hydrogen-bond acceptors (Lipinski definition) is 3. The first-order valence-corrected chi connectivity index (χ1v) is 6.57. The molecule has 0 N–H and O–H groups in total. The topological polar surface area (TPSA) is 42.9 Å². The van der Waals surface area contributed by atoms with E-state index in [1.807, 2.05) is 24.4 Å². The number of hydrogen-bond donors (Lipinski definition) is 0. The predicted octanol–water partition coefficient (Wildman–Crippen LogP) is 3.23. The molecular formula is C14H13BrN2O. The molecule has 0 aliphatic rings. The van der Waals surface area contributed by atoms with Crippen LogP contribution < -0.4 is 0 Å². The largest absolute Gasteiger partial charge is 0.292 e. The van der Waals surface area contributed by atoms with Crippen molar-refractivity contribution in [3.8, 4) is 0 Å². The predicted molar refractivity (Wildman–Crippen MR) is 73.6 cm³/mol. The number of halogens is 1. The lowest BCUT2D eigenvalue weighted by Gasteiger charge is -2.03. The summed E-state index contributed by atoms with van der Waals surface area (Å²) in [6.45, 7) is 2.08. The third-order valence-electron chi connectivity index (χ3n) is 2.66. The smallest absolute Gasteiger partial charge is 0.188 e. The minimum Gasteiger partial charge on any atom is -0.292 e. The van der Waals surface area contributed by atoms with Gasteiger partial charge in [0, 0.05) is 22.6 Å². The Bertz CT molecular complexity index is 552. The van der Waals surface area contributed by atoms with E-state index in [0.29, 0.717) is 5.69 Å². The summed E-state index contributed by atoms with van der Waals surface area (Å²) >= 11 is 3.33. The van der Waals surface area contributed by atoms with Gasteiger partial charge >= 0.3 is 0 Å². The van der Waals surface area contributed by atoms with Crippen LogP contribution in [0.4, 0.5) is 0 Å². The molecule has 4 heteroatoms. The molecule has 18 heavy (non-hydrogen) atoms. The fourth-order valence-corrected chi connectivity index (χ4v) is 2.08. The molecule has 0 spiro atoms. The summed E-state index contributed by atoms with van der Waals surface area (Å²) in [5, 5.41) is 0. The Morgan fingerprint density at radius 1 is 1.28 bits per heavy atom. The van der Waals surface area contributed by atoms with Gasteiger partial charge in [0.25, 0.3) is 0 Å². The van der Waals surface area contributed by atoms with Gasteiger partial charge in [0.05, 0.1) is 6.42 Å². The van der Waals surface area contributed by atoms with Crippen LogP contribution in [0.1, 0.15) is 28.7 Å². The minimum atomic E-state index is -0.0285. The lowest BCUT2D eigenvalue weighted by molar-refractivity contribution is 0.0986. The summed E-state index contributed by atoms with van der Waals surface area (Å²) < 4.78 is 0.722. The summed E-state index contributed by atoms with van der Waals surface area (Å²) in [5.41, 5.74) is 2.40. The van der Waals surface area contributed by atoms with E-state index < -0.39 is 0 Å². The minimum absolute atomic E-state index is 0.0285. The molecule has 92 valence electrons. The van der Waals surface area contributed by atoms with E-state index in [1.54, 1.807) is 12.3 Å². The number of ketones is 1. The molecule has 2 aromatic rings. The lowest BCUT2D eigenvalue weighted by Crippen LogP contribution is -2.08. The highest BCUT2D eigenvalue weighted by atomic mass is 79.9. The molecule has 0 saturated carbocycles. The third kappa shape index (κ3) is 3.01. The van der Waals surface area contributed by atoms with Crippen molar-refractivity contribution in [2.24, 2.45) is 0 Å². The molecule has 0 unspecified atom stereocenters. The van der Waals surface area contributed by atoms with Gasteiger partial charge in [0.15, 0.2) is 5.78 Å². The normalized spacial score (nSPS) is 10.3. The van der Waals surface area contributed by atoms with Crippen molar-refractivity contribution < 1.29 is 4.79 Å². The second kappa shape index (κ2) is 5.87. The highest BCUT2D eigenvalue weighted by Gasteiger charge is 2.12. The average Bonchev–Trinajstić information content (AvgIpc) is 2.40. The maximum absolute atomic E-state index is 12.1. The Morgan fingerprint density at radius 3 is 2.72 bits per heavy atom. The van der Waals surface area contributed by atoms with Crippen molar-refractivity contribution in [2.75, 3.05) is 0 Å². The number of Topliss-reactive ketones (excluding diaryl/α,β-unsaturated/α-hetero) is 1. The first-order chi connectivity index (χ1) is 8.70. The molecule has 0 aliphatic heterocycles. The quantitative estimate of drug-likeness (QED) is 0.815. The lowest BCUT2D eigenvalue weighted by atomic mass is 10.1. The summed E-state index contributed by atoms with van der Waals surface area (Å²) in [5.74, 6) is -0.0285. The average molecular weight is 305 g/mol. The standard InChI is InChI=1S/C14H13BrN2O/c1-2-10-5-6-11(17-9-10)8-13(18)14-12(15)4-3-7-16-14/h3-7,9H,2,8H2,1H3. The van der Waals surface area contributed by atoms with E-state index in [9.17, 15) is 4.79 Å². The Kier molecular flexibility index (Phi) is 4.20. The zero-order valence-corrected chi connectivity index (χ0v) is 11.6. The number of pyridine rings is 2. The fraction of sp³-hybridized carbons (Fsp3) is 0.214. The molecule has 2 heterocycles. The van der Waals surface area contributed by atoms with E-state index >= 15 is 0 Å². The van der Waals surface area contributed by atoms with Gasteiger partial charge in [-0.3, -0.25) is 14.8 Å². The first kappa shape index (κ1) is 12.9. The molecule has 0 fully saturated rings. The number of aromatic nitrogens is 2. The van der Waals surface area contributed by atoms with Crippen LogP contribution in [0.15, 0.2) is 41.1 Å². The number of rotatable bonds is 4. The first-order valence-electron chi connectivity index (χ1n) is 5.78. The monoisotopic (exact) mass is 304 g/mol. The fourth-order valence-electron chi connectivity index (χ4n) is 1.61. The molecule has 0 amide bonds. The number of carbonyl (C=O) groups excluding carboxylic acids is 1. The van der Waals surface area contributed by atoms with Crippen molar-refractivity contribution in [1.29, 1.82) is 0 Å². The van der Waals surface area contributed by atoms with E-state index in [-0.39, 0.29) is 12.2 Å². The van der Waals surface area contributed by atoms with Crippen molar-refractivity contribution in [1.82, 2.24) is 9.97 Å². The van der Waals surface area contributed by atoms with E-state index in [1.165, 1.54) is 5.56 Å². The van der Waals surface area contributed by atoms with Gasteiger partial charge in [-0.15, -0.1) is 0 Å². The van der Waals surface area contributed by atoms with Gasteiger partial charge in [-0.2, -0.15) is 0 Å². The van der Waals surface area contributed by atoms with Crippen LogP contribution in [0.25, 0.3) is 0 Å². The van der Waals surface area contributed by atoms with Gasteiger partial charge in [-0.25, -0.2) is 0 Å². The van der Waals surface area contributed by atoms with Gasteiger partial charge in [0.1, 0.15) is 5.69 Å². The van der Waals surface area contributed by atoms with Crippen molar-refractivity contribution in [2.45, 2.75) is 19.8 Å². The number of aryl methyl sites for hydroxylation is 1. The van der Waals surface area contributed by atoms with Crippen LogP contribution in [0.2, 0.25) is 0 Å². The van der Waals surface area contributed by atoms with E-state index in [2.05, 4.69) is 32.8 Å². The Balaban J connectivity index is 2.14. The second-order valence-electron chi connectivity index (χ2n) is 3.95. The van der Waals surface area contributed by atoms with Crippen LogP contribution >= 0.6 is 15.9 Å². The van der Waals surface area contributed by atoms with Crippen LogP contribution in [0.5, 0.6) is 0 Å². The van der Waals surface area contributed by atoms with Gasteiger partial charge in [-0.05, 0) is 46.1 Å². The SMILES string of the molecule is CCc1ccc(CC(=O)c2ncccc2Br)nc1. The number of carbonyl (C=O) groups is 1. The molecule has 0 atom stereocenters. The molecule has 0 radical (unpaired) electrons. The molecule has 0 aromatic carbocycles. The molecule has 0 aliphatic carbocycles. The van der Waals surface area contributed by atoms with Crippen molar-refractivity contribution in [3.05, 3.63) is 58.1 Å². The third-order valence-corrected chi connectivity index (χ3v) is 3.30. The second-order valence-corrected chi connectivity index (χ2v) is 4.80. The van der Waals surface area contributed by atoms with Gasteiger partial charge < -0.3 is 0 Å². The van der Waals surface area contributed by atoms with Crippen molar-refractivity contribution >= 4 is 21.7 Å². The highest BCUT2D eigenvalue weighted by Crippen LogP contribution is 2.15. The molecule has 0 saturated heterocycles. The molecule has 2 aromatic heterocycles. The molecular weight excluding hydrogens is 292 g/mol. The van der Waals surface area contributed by atoms with Crippen LogP contribution in [0, 0.1) is 0 Å². The van der Waals surface area contributed by atoms with Gasteiger partial charge in [0.2, 0.25) is 0 Å². The van der Waals surface area contributed by atoms with Crippen LogP contribution in [0.3, 0.4) is 0 Å². The summed E-state index contributed by atoms with van der Waals surface area (Å²) in [4.78, 5) is 20.4. The van der Waals surface area contributed by atoms with Crippen molar-refractivity contribution in [3.63, 3.8) is 0 Å². The van der Waals surface area contributed by atoms with Crippen LogP contribution in [-0.2, 0) is 12.8 Å². The number of nitrogens with zero attached hydrogens (tertiary/aromatic N) is 2. The highest BCUT2D eigenvalue weighted by molar-refractivity contribution is 9.10. The Labute approximate surface area is 114 Å².